The second-order valence-corrected chi connectivity index (χ2v) is 7.25. The zero-order valence-corrected chi connectivity index (χ0v) is 14.4. The summed E-state index contributed by atoms with van der Waals surface area (Å²) in [7, 11) is 0. The molecule has 0 aliphatic carbocycles. The summed E-state index contributed by atoms with van der Waals surface area (Å²) >= 11 is 7.40. The zero-order chi connectivity index (χ0) is 13.4. The molecule has 0 saturated carbocycles. The van der Waals surface area contributed by atoms with Crippen LogP contribution in [-0.2, 0) is 0 Å². The topological polar surface area (TPSA) is 20.2 Å². The molecule has 1 N–H and O–H groups in total. The van der Waals surface area contributed by atoms with E-state index in [2.05, 4.69) is 56.0 Å². The molecule has 1 heterocycles. The Morgan fingerprint density at radius 2 is 1.95 bits per heavy atom. The summed E-state index contributed by atoms with van der Waals surface area (Å²) in [5.74, 6) is 0. The molecular formula is C15H10BrIOS. The predicted molar refractivity (Wildman–Crippen MR) is 92.7 cm³/mol. The molecule has 0 aliphatic heterocycles. The van der Waals surface area contributed by atoms with Gasteiger partial charge in [0.25, 0.3) is 0 Å². The van der Waals surface area contributed by atoms with E-state index in [0.29, 0.717) is 0 Å². The Morgan fingerprint density at radius 1 is 1.11 bits per heavy atom. The van der Waals surface area contributed by atoms with Gasteiger partial charge in [-0.05, 0) is 63.2 Å². The molecule has 3 rings (SSSR count). The van der Waals surface area contributed by atoms with Gasteiger partial charge in [-0.15, -0.1) is 11.3 Å². The Kier molecular flexibility index (Phi) is 3.93. The van der Waals surface area contributed by atoms with Crippen LogP contribution in [0.25, 0.3) is 10.1 Å². The first-order valence-corrected chi connectivity index (χ1v) is 8.51. The first kappa shape index (κ1) is 13.5. The molecular weight excluding hydrogens is 435 g/mol. The second-order valence-electron chi connectivity index (χ2n) is 4.25. The molecule has 0 fully saturated rings. The largest absolute Gasteiger partial charge is 0.384 e. The molecule has 2 aromatic carbocycles. The van der Waals surface area contributed by atoms with Crippen molar-refractivity contribution in [2.45, 2.75) is 6.10 Å². The monoisotopic (exact) mass is 444 g/mol. The van der Waals surface area contributed by atoms with Gasteiger partial charge in [0.05, 0.1) is 0 Å². The standard InChI is InChI=1S/C15H10BrIOS/c16-10-4-5-13(17)12(8-10)14(18)11-3-1-2-9-6-7-19-15(9)11/h1-8,14,18H. The average Bonchev–Trinajstić information content (AvgIpc) is 2.89. The van der Waals surface area contributed by atoms with Crippen LogP contribution in [0.4, 0.5) is 0 Å². The zero-order valence-electron chi connectivity index (χ0n) is 9.81. The molecule has 1 atom stereocenters. The van der Waals surface area contributed by atoms with Gasteiger partial charge in [0, 0.05) is 18.3 Å². The van der Waals surface area contributed by atoms with Crippen molar-refractivity contribution in [2.75, 3.05) is 0 Å². The van der Waals surface area contributed by atoms with Crippen LogP contribution in [-0.4, -0.2) is 5.11 Å². The number of fused-ring (bicyclic) bond motifs is 1. The van der Waals surface area contributed by atoms with Gasteiger partial charge < -0.3 is 5.11 Å². The maximum Gasteiger partial charge on any atom is 0.106 e. The summed E-state index contributed by atoms with van der Waals surface area (Å²) in [6, 6.07) is 14.1. The average molecular weight is 445 g/mol. The summed E-state index contributed by atoms with van der Waals surface area (Å²) < 4.78 is 3.22. The van der Waals surface area contributed by atoms with E-state index in [1.807, 2.05) is 30.3 Å². The van der Waals surface area contributed by atoms with Crippen molar-refractivity contribution in [3.8, 4) is 0 Å². The van der Waals surface area contributed by atoms with Gasteiger partial charge in [-0.25, -0.2) is 0 Å². The van der Waals surface area contributed by atoms with Gasteiger partial charge >= 0.3 is 0 Å². The molecule has 1 aromatic heterocycles. The highest BCUT2D eigenvalue weighted by Crippen LogP contribution is 2.34. The summed E-state index contributed by atoms with van der Waals surface area (Å²) in [5, 5.41) is 13.9. The molecule has 1 nitrogen and oxygen atoms in total. The molecule has 1 unspecified atom stereocenters. The van der Waals surface area contributed by atoms with E-state index >= 15 is 0 Å². The summed E-state index contributed by atoms with van der Waals surface area (Å²) in [6.07, 6.45) is -0.591. The SMILES string of the molecule is OC(c1cc(Br)ccc1I)c1cccc2ccsc12. The Labute approximate surface area is 137 Å². The van der Waals surface area contributed by atoms with Gasteiger partial charge in [0.15, 0.2) is 0 Å². The van der Waals surface area contributed by atoms with Crippen LogP contribution in [0.5, 0.6) is 0 Å². The molecule has 0 bridgehead atoms. The predicted octanol–water partition coefficient (Wildman–Crippen LogP) is 5.35. The normalized spacial score (nSPS) is 12.8. The minimum atomic E-state index is -0.591. The van der Waals surface area contributed by atoms with Crippen LogP contribution in [0.2, 0.25) is 0 Å². The van der Waals surface area contributed by atoms with Gasteiger partial charge in [-0.3, -0.25) is 0 Å². The van der Waals surface area contributed by atoms with Crippen molar-refractivity contribution in [2.24, 2.45) is 0 Å². The van der Waals surface area contributed by atoms with Crippen LogP contribution >= 0.6 is 49.9 Å². The number of aliphatic hydroxyl groups is 1. The van der Waals surface area contributed by atoms with E-state index in [4.69, 9.17) is 0 Å². The third kappa shape index (κ3) is 2.59. The Hall–Kier alpha value is -0.430. The number of halogens is 2. The molecule has 0 saturated heterocycles. The lowest BCUT2D eigenvalue weighted by Crippen LogP contribution is -2.02. The van der Waals surface area contributed by atoms with Crippen molar-refractivity contribution in [1.29, 1.82) is 0 Å². The molecule has 3 aromatic rings. The smallest absolute Gasteiger partial charge is 0.106 e. The number of benzene rings is 2. The Balaban J connectivity index is 2.15. The van der Waals surface area contributed by atoms with E-state index in [1.54, 1.807) is 11.3 Å². The second kappa shape index (κ2) is 5.52. The van der Waals surface area contributed by atoms with Crippen LogP contribution in [0.3, 0.4) is 0 Å². The van der Waals surface area contributed by atoms with Crippen molar-refractivity contribution in [3.05, 3.63) is 67.0 Å². The van der Waals surface area contributed by atoms with Crippen LogP contribution in [0, 0.1) is 3.57 Å². The lowest BCUT2D eigenvalue weighted by molar-refractivity contribution is 0.221. The fraction of sp³-hybridized carbons (Fsp3) is 0.0667. The third-order valence-electron chi connectivity index (χ3n) is 3.06. The number of thiophene rings is 1. The fourth-order valence-corrected chi connectivity index (χ4v) is 4.07. The van der Waals surface area contributed by atoms with Gasteiger partial charge in [0.1, 0.15) is 6.10 Å². The lowest BCUT2D eigenvalue weighted by atomic mass is 10.0. The first-order chi connectivity index (χ1) is 9.16. The molecule has 96 valence electrons. The van der Waals surface area contributed by atoms with E-state index in [-0.39, 0.29) is 0 Å². The quantitative estimate of drug-likeness (QED) is 0.528. The molecule has 4 heteroatoms. The van der Waals surface area contributed by atoms with Crippen LogP contribution in [0.1, 0.15) is 17.2 Å². The highest BCUT2D eigenvalue weighted by molar-refractivity contribution is 14.1. The number of rotatable bonds is 2. The first-order valence-electron chi connectivity index (χ1n) is 5.76. The van der Waals surface area contributed by atoms with Gasteiger partial charge in [0.2, 0.25) is 0 Å². The molecule has 0 spiro atoms. The molecule has 0 radical (unpaired) electrons. The van der Waals surface area contributed by atoms with Gasteiger partial charge in [-0.1, -0.05) is 34.1 Å². The van der Waals surface area contributed by atoms with Crippen molar-refractivity contribution >= 4 is 59.9 Å². The molecule has 19 heavy (non-hydrogen) atoms. The molecule has 0 amide bonds. The Bertz CT molecular complexity index is 738. The number of hydrogen-bond acceptors (Lipinski definition) is 2. The van der Waals surface area contributed by atoms with Gasteiger partial charge in [-0.2, -0.15) is 0 Å². The highest BCUT2D eigenvalue weighted by atomic mass is 127. The summed E-state index contributed by atoms with van der Waals surface area (Å²) in [4.78, 5) is 0. The minimum Gasteiger partial charge on any atom is -0.384 e. The summed E-state index contributed by atoms with van der Waals surface area (Å²) in [6.45, 7) is 0. The van der Waals surface area contributed by atoms with E-state index in [0.717, 1.165) is 23.9 Å². The van der Waals surface area contributed by atoms with Crippen LogP contribution in [0.15, 0.2) is 52.3 Å². The van der Waals surface area contributed by atoms with Crippen molar-refractivity contribution in [1.82, 2.24) is 0 Å². The fourth-order valence-electron chi connectivity index (χ4n) is 2.12. The molecule has 0 aliphatic rings. The lowest BCUT2D eigenvalue weighted by Gasteiger charge is -2.14. The maximum atomic E-state index is 10.7. The minimum absolute atomic E-state index is 0.591. The van der Waals surface area contributed by atoms with Crippen LogP contribution < -0.4 is 0 Å². The van der Waals surface area contributed by atoms with E-state index in [9.17, 15) is 5.11 Å². The van der Waals surface area contributed by atoms with E-state index < -0.39 is 6.10 Å². The Morgan fingerprint density at radius 3 is 2.79 bits per heavy atom. The highest BCUT2D eigenvalue weighted by Gasteiger charge is 2.17. The van der Waals surface area contributed by atoms with E-state index in [1.165, 1.54) is 5.39 Å². The maximum absolute atomic E-state index is 10.7. The number of aliphatic hydroxyl groups excluding tert-OH is 1. The number of hydrogen-bond donors (Lipinski definition) is 1. The third-order valence-corrected chi connectivity index (χ3v) is 5.51. The van der Waals surface area contributed by atoms with Crippen molar-refractivity contribution < 1.29 is 5.11 Å². The summed E-state index contributed by atoms with van der Waals surface area (Å²) in [5.41, 5.74) is 1.92. The van der Waals surface area contributed by atoms with Crippen molar-refractivity contribution in [3.63, 3.8) is 0 Å².